The van der Waals surface area contributed by atoms with Crippen LogP contribution in [0.25, 0.3) is 0 Å². The zero-order valence-electron chi connectivity index (χ0n) is 10.2. The fraction of sp³-hybridized carbons (Fsp3) is 0.462. The van der Waals surface area contributed by atoms with E-state index in [4.69, 9.17) is 4.84 Å². The first kappa shape index (κ1) is 13.5. The van der Waals surface area contributed by atoms with Crippen molar-refractivity contribution in [3.05, 3.63) is 34.3 Å². The van der Waals surface area contributed by atoms with Gasteiger partial charge >= 0.3 is 0 Å². The van der Waals surface area contributed by atoms with Gasteiger partial charge in [-0.15, -0.1) is 0 Å². The van der Waals surface area contributed by atoms with Gasteiger partial charge in [0, 0.05) is 10.9 Å². The van der Waals surface area contributed by atoms with Crippen LogP contribution in [0.4, 0.5) is 0 Å². The lowest BCUT2D eigenvalue weighted by Crippen LogP contribution is -2.29. The predicted molar refractivity (Wildman–Crippen MR) is 70.8 cm³/mol. The molecule has 18 heavy (non-hydrogen) atoms. The van der Waals surface area contributed by atoms with Crippen LogP contribution in [0.15, 0.2) is 28.7 Å². The van der Waals surface area contributed by atoms with E-state index in [1.54, 1.807) is 0 Å². The van der Waals surface area contributed by atoms with Crippen molar-refractivity contribution in [2.24, 2.45) is 0 Å². The molecule has 0 spiro atoms. The van der Waals surface area contributed by atoms with Crippen LogP contribution in [0.1, 0.15) is 24.8 Å². The minimum absolute atomic E-state index is 0.0815. The van der Waals surface area contributed by atoms with Gasteiger partial charge in [0.1, 0.15) is 6.61 Å². The first-order valence-corrected chi connectivity index (χ1v) is 6.72. The van der Waals surface area contributed by atoms with Crippen LogP contribution >= 0.6 is 15.9 Å². The fourth-order valence-electron chi connectivity index (χ4n) is 1.92. The third kappa shape index (κ3) is 3.31. The van der Waals surface area contributed by atoms with Gasteiger partial charge in [0.2, 0.25) is 5.91 Å². The van der Waals surface area contributed by atoms with Gasteiger partial charge in [0.05, 0.1) is 12.6 Å². The first-order chi connectivity index (χ1) is 8.56. The van der Waals surface area contributed by atoms with E-state index in [0.717, 1.165) is 10.0 Å². The second-order valence-electron chi connectivity index (χ2n) is 4.56. The number of carbonyl (C=O) groups is 1. The molecule has 1 unspecified atom stereocenters. The van der Waals surface area contributed by atoms with Crippen molar-refractivity contribution < 1.29 is 14.7 Å². The smallest absolute Gasteiger partial charge is 0.246 e. The highest BCUT2D eigenvalue weighted by Crippen LogP contribution is 2.22. The lowest BCUT2D eigenvalue weighted by molar-refractivity contribution is -0.169. The summed E-state index contributed by atoms with van der Waals surface area (Å²) in [7, 11) is 0. The zero-order chi connectivity index (χ0) is 13.1. The highest BCUT2D eigenvalue weighted by Gasteiger charge is 2.27. The number of carbonyl (C=O) groups excluding carboxylic acids is 1. The number of benzene rings is 1. The third-order valence-electron chi connectivity index (χ3n) is 3.00. The molecular weight excluding hydrogens is 298 g/mol. The Morgan fingerprint density at radius 1 is 1.56 bits per heavy atom. The monoisotopic (exact) mass is 313 g/mol. The maximum Gasteiger partial charge on any atom is 0.246 e. The van der Waals surface area contributed by atoms with Crippen LogP contribution in [-0.2, 0) is 9.63 Å². The molecule has 4 nitrogen and oxygen atoms in total. The Bertz CT molecular complexity index is 421. The molecule has 2 atom stereocenters. The average molecular weight is 314 g/mol. The molecule has 1 N–H and O–H groups in total. The number of aliphatic hydroxyl groups is 1. The summed E-state index contributed by atoms with van der Waals surface area (Å²) in [6.45, 7) is 2.48. The highest BCUT2D eigenvalue weighted by molar-refractivity contribution is 9.10. The molecule has 1 amide bonds. The lowest BCUT2D eigenvalue weighted by Gasteiger charge is -2.17. The Hall–Kier alpha value is -0.910. The van der Waals surface area contributed by atoms with Crippen molar-refractivity contribution in [3.8, 4) is 0 Å². The zero-order valence-corrected chi connectivity index (χ0v) is 11.8. The van der Waals surface area contributed by atoms with Crippen LogP contribution in [0.5, 0.6) is 0 Å². The van der Waals surface area contributed by atoms with Gasteiger partial charge < -0.3 is 5.11 Å². The Morgan fingerprint density at radius 3 is 2.78 bits per heavy atom. The highest BCUT2D eigenvalue weighted by atomic mass is 79.9. The SMILES string of the molecule is CC(CC(=O)N1C[C@H](O)CO1)c1ccc(Br)cc1. The molecule has 0 radical (unpaired) electrons. The summed E-state index contributed by atoms with van der Waals surface area (Å²) in [6, 6.07) is 7.93. The minimum atomic E-state index is -0.558. The molecule has 0 aromatic heterocycles. The van der Waals surface area contributed by atoms with Crippen LogP contribution in [0.2, 0.25) is 0 Å². The first-order valence-electron chi connectivity index (χ1n) is 5.93. The summed E-state index contributed by atoms with van der Waals surface area (Å²) < 4.78 is 1.02. The van der Waals surface area contributed by atoms with E-state index >= 15 is 0 Å². The number of aliphatic hydroxyl groups excluding tert-OH is 1. The van der Waals surface area contributed by atoms with Crippen molar-refractivity contribution in [1.29, 1.82) is 0 Å². The molecule has 0 aliphatic carbocycles. The van der Waals surface area contributed by atoms with Crippen molar-refractivity contribution in [1.82, 2.24) is 5.06 Å². The van der Waals surface area contributed by atoms with Crippen molar-refractivity contribution >= 4 is 21.8 Å². The van der Waals surface area contributed by atoms with Gasteiger partial charge in [0.15, 0.2) is 0 Å². The van der Waals surface area contributed by atoms with Crippen LogP contribution < -0.4 is 0 Å². The molecule has 1 saturated heterocycles. The summed E-state index contributed by atoms with van der Waals surface area (Å²) in [6.07, 6.45) is -0.175. The number of nitrogens with zero attached hydrogens (tertiary/aromatic N) is 1. The molecule has 0 bridgehead atoms. The molecular formula is C13H16BrNO3. The standard InChI is InChI=1S/C13H16BrNO3/c1-9(10-2-4-11(14)5-3-10)6-13(17)15-7-12(16)8-18-15/h2-5,9,12,16H,6-8H2,1H3/t9?,12-/m0/s1. The minimum Gasteiger partial charge on any atom is -0.389 e. The van der Waals surface area contributed by atoms with Gasteiger partial charge in [0.25, 0.3) is 0 Å². The fourth-order valence-corrected chi connectivity index (χ4v) is 2.18. The number of rotatable bonds is 3. The Labute approximate surface area is 115 Å². The molecule has 98 valence electrons. The van der Waals surface area contributed by atoms with E-state index in [1.807, 2.05) is 31.2 Å². The average Bonchev–Trinajstić information content (AvgIpc) is 2.76. The number of hydrogen-bond donors (Lipinski definition) is 1. The van der Waals surface area contributed by atoms with Gasteiger partial charge in [-0.05, 0) is 23.6 Å². The second-order valence-corrected chi connectivity index (χ2v) is 5.48. The number of β-amino-alcohol motifs (C(OH)–C–C–N with tert-alkyl or cyclic N) is 1. The maximum absolute atomic E-state index is 11.9. The van der Waals surface area contributed by atoms with E-state index < -0.39 is 6.10 Å². The Kier molecular flexibility index (Phi) is 4.37. The number of hydroxylamine groups is 2. The van der Waals surface area contributed by atoms with Gasteiger partial charge in [-0.25, -0.2) is 5.06 Å². The maximum atomic E-state index is 11.9. The van der Waals surface area contributed by atoms with E-state index in [-0.39, 0.29) is 25.0 Å². The molecule has 2 rings (SSSR count). The van der Waals surface area contributed by atoms with Crippen molar-refractivity contribution in [2.75, 3.05) is 13.2 Å². The Morgan fingerprint density at radius 2 is 2.22 bits per heavy atom. The molecule has 1 fully saturated rings. The molecule has 1 aromatic rings. The van der Waals surface area contributed by atoms with Crippen LogP contribution in [-0.4, -0.2) is 35.3 Å². The van der Waals surface area contributed by atoms with E-state index in [0.29, 0.717) is 6.42 Å². The van der Waals surface area contributed by atoms with Crippen LogP contribution in [0, 0.1) is 0 Å². The lowest BCUT2D eigenvalue weighted by atomic mass is 9.97. The van der Waals surface area contributed by atoms with Crippen LogP contribution in [0.3, 0.4) is 0 Å². The van der Waals surface area contributed by atoms with Crippen molar-refractivity contribution in [2.45, 2.75) is 25.4 Å². The molecule has 1 aliphatic heterocycles. The number of hydrogen-bond acceptors (Lipinski definition) is 3. The number of halogens is 1. The van der Waals surface area contributed by atoms with E-state index in [9.17, 15) is 9.90 Å². The topological polar surface area (TPSA) is 49.8 Å². The summed E-state index contributed by atoms with van der Waals surface area (Å²) in [5.41, 5.74) is 1.12. The Balaban J connectivity index is 1.92. The molecule has 1 heterocycles. The molecule has 1 aromatic carbocycles. The third-order valence-corrected chi connectivity index (χ3v) is 3.53. The normalized spacial score (nSPS) is 21.1. The second kappa shape index (κ2) is 5.82. The van der Waals surface area contributed by atoms with E-state index in [2.05, 4.69) is 15.9 Å². The summed E-state index contributed by atoms with van der Waals surface area (Å²) in [4.78, 5) is 17.0. The van der Waals surface area contributed by atoms with Gasteiger partial charge in [-0.2, -0.15) is 0 Å². The van der Waals surface area contributed by atoms with Gasteiger partial charge in [-0.3, -0.25) is 9.63 Å². The van der Waals surface area contributed by atoms with Gasteiger partial charge in [-0.1, -0.05) is 35.0 Å². The molecule has 5 heteroatoms. The largest absolute Gasteiger partial charge is 0.389 e. The van der Waals surface area contributed by atoms with E-state index in [1.165, 1.54) is 5.06 Å². The number of amides is 1. The molecule has 1 aliphatic rings. The predicted octanol–water partition coefficient (Wildman–Crippen LogP) is 2.08. The summed E-state index contributed by atoms with van der Waals surface area (Å²) >= 11 is 3.38. The quantitative estimate of drug-likeness (QED) is 0.929. The summed E-state index contributed by atoms with van der Waals surface area (Å²) in [5, 5.41) is 10.6. The molecule has 0 saturated carbocycles. The summed E-state index contributed by atoms with van der Waals surface area (Å²) in [5.74, 6) is 0.0499. The van der Waals surface area contributed by atoms with Crippen molar-refractivity contribution in [3.63, 3.8) is 0 Å².